The first-order valence-electron chi connectivity index (χ1n) is 7.43. The summed E-state index contributed by atoms with van der Waals surface area (Å²) in [7, 11) is 0. The normalized spacial score (nSPS) is 21.8. The molecule has 0 fully saturated rings. The fourth-order valence-corrected chi connectivity index (χ4v) is 4.45. The van der Waals surface area contributed by atoms with E-state index < -0.39 is 31.0 Å². The van der Waals surface area contributed by atoms with Crippen LogP contribution in [0.1, 0.15) is 40.1 Å². The lowest BCUT2D eigenvalue weighted by molar-refractivity contribution is -0.194. The minimum atomic E-state index is -5.00. The second-order valence-corrected chi connectivity index (χ2v) is 7.01. The van der Waals surface area contributed by atoms with Gasteiger partial charge < -0.3 is 10.2 Å². The number of hydrogen-bond donors (Lipinski definition) is 1. The maximum atomic E-state index is 13.2. The minimum absolute atomic E-state index is 0.0124. The van der Waals surface area contributed by atoms with Gasteiger partial charge in [-0.25, -0.2) is 0 Å². The van der Waals surface area contributed by atoms with E-state index in [1.54, 1.807) is 0 Å². The van der Waals surface area contributed by atoms with Crippen molar-refractivity contribution in [3.63, 3.8) is 0 Å². The fourth-order valence-electron chi connectivity index (χ4n) is 3.15. The van der Waals surface area contributed by atoms with Crippen LogP contribution in [0.15, 0.2) is 0 Å². The first-order chi connectivity index (χ1) is 11.1. The molecule has 1 amide bonds. The Morgan fingerprint density at radius 3 is 2.38 bits per heavy atom. The smallest absolute Gasteiger partial charge is 0.349 e. The van der Waals surface area contributed by atoms with Crippen molar-refractivity contribution in [2.24, 2.45) is 0 Å². The van der Waals surface area contributed by atoms with Gasteiger partial charge >= 0.3 is 12.4 Å². The van der Waals surface area contributed by atoms with Crippen LogP contribution in [0.3, 0.4) is 0 Å². The molecule has 0 bridgehead atoms. The Hall–Kier alpha value is -1.45. The molecule has 2 aliphatic rings. The molecule has 0 saturated carbocycles. The Balaban J connectivity index is 2.05. The molecule has 3 nitrogen and oxygen atoms in total. The molecule has 1 aliphatic carbocycles. The Morgan fingerprint density at radius 2 is 1.75 bits per heavy atom. The van der Waals surface area contributed by atoms with Gasteiger partial charge in [0.25, 0.3) is 5.91 Å². The number of alkyl halides is 6. The minimum Gasteiger partial charge on any atom is -0.349 e. The van der Waals surface area contributed by atoms with Crippen molar-refractivity contribution in [2.75, 3.05) is 11.9 Å². The average molecular weight is 372 g/mol. The van der Waals surface area contributed by atoms with Crippen LogP contribution in [0.25, 0.3) is 0 Å². The molecule has 1 aromatic heterocycles. The molecule has 10 heteroatoms. The number of halogens is 6. The van der Waals surface area contributed by atoms with Crippen molar-refractivity contribution >= 4 is 22.2 Å². The predicted molar refractivity (Wildman–Crippen MR) is 76.1 cm³/mol. The van der Waals surface area contributed by atoms with Crippen molar-refractivity contribution < 1.29 is 31.1 Å². The first-order valence-corrected chi connectivity index (χ1v) is 8.25. The molecule has 1 aromatic rings. The summed E-state index contributed by atoms with van der Waals surface area (Å²) in [6.07, 6.45) is -8.88. The topological polar surface area (TPSA) is 32.3 Å². The van der Waals surface area contributed by atoms with Gasteiger partial charge in [0.15, 0.2) is 0 Å². The molecule has 1 aliphatic heterocycles. The SMILES string of the molecule is O=C1c2c(sc3c2CCCCC3)NC(C(F)(F)F)N1CC(F)(F)F. The van der Waals surface area contributed by atoms with Gasteiger partial charge in [0.2, 0.25) is 6.17 Å². The Bertz CT molecular complexity index is 651. The summed E-state index contributed by atoms with van der Waals surface area (Å²) >= 11 is 1.05. The zero-order chi connectivity index (χ0) is 17.7. The summed E-state index contributed by atoms with van der Waals surface area (Å²) in [5.41, 5.74) is 0.597. The van der Waals surface area contributed by atoms with E-state index in [1.165, 1.54) is 0 Å². The summed E-state index contributed by atoms with van der Waals surface area (Å²) in [6, 6.07) is 0. The quantitative estimate of drug-likeness (QED) is 0.588. The van der Waals surface area contributed by atoms with Gasteiger partial charge in [-0.2, -0.15) is 26.3 Å². The molecule has 134 valence electrons. The van der Waals surface area contributed by atoms with E-state index in [-0.39, 0.29) is 15.5 Å². The van der Waals surface area contributed by atoms with Crippen LogP contribution in [-0.2, 0) is 12.8 Å². The zero-order valence-electron chi connectivity index (χ0n) is 12.4. The van der Waals surface area contributed by atoms with Crippen LogP contribution in [0.4, 0.5) is 31.3 Å². The molecule has 0 aromatic carbocycles. The maximum absolute atomic E-state index is 13.2. The van der Waals surface area contributed by atoms with Crippen molar-refractivity contribution in [3.05, 3.63) is 16.0 Å². The first kappa shape index (κ1) is 17.4. The fraction of sp³-hybridized carbons (Fsp3) is 0.643. The number of carbonyl (C=O) groups excluding carboxylic acids is 1. The van der Waals surface area contributed by atoms with E-state index in [9.17, 15) is 31.1 Å². The van der Waals surface area contributed by atoms with Crippen molar-refractivity contribution in [3.8, 4) is 0 Å². The van der Waals surface area contributed by atoms with E-state index in [0.29, 0.717) is 18.4 Å². The van der Waals surface area contributed by atoms with E-state index in [1.807, 2.05) is 0 Å². The van der Waals surface area contributed by atoms with Crippen LogP contribution >= 0.6 is 11.3 Å². The van der Waals surface area contributed by atoms with Gasteiger partial charge in [-0.15, -0.1) is 11.3 Å². The molecule has 1 atom stereocenters. The Kier molecular flexibility index (Phi) is 4.21. The van der Waals surface area contributed by atoms with Crippen molar-refractivity contribution in [1.29, 1.82) is 0 Å². The molecule has 24 heavy (non-hydrogen) atoms. The molecular formula is C14H14F6N2OS. The number of rotatable bonds is 1. The lowest BCUT2D eigenvalue weighted by atomic mass is 10.0. The average Bonchev–Trinajstić information content (AvgIpc) is 2.61. The Morgan fingerprint density at radius 1 is 1.08 bits per heavy atom. The van der Waals surface area contributed by atoms with E-state index >= 15 is 0 Å². The molecule has 3 rings (SSSR count). The highest BCUT2D eigenvalue weighted by Gasteiger charge is 2.52. The molecule has 0 saturated heterocycles. The lowest BCUT2D eigenvalue weighted by Crippen LogP contribution is -2.58. The predicted octanol–water partition coefficient (Wildman–Crippen LogP) is 4.34. The van der Waals surface area contributed by atoms with Gasteiger partial charge in [0.05, 0.1) is 5.56 Å². The summed E-state index contributed by atoms with van der Waals surface area (Å²) in [5.74, 6) is -1.19. The number of hydrogen-bond acceptors (Lipinski definition) is 3. The number of carbonyl (C=O) groups is 1. The zero-order valence-corrected chi connectivity index (χ0v) is 13.2. The van der Waals surface area contributed by atoms with Gasteiger partial charge in [0.1, 0.15) is 11.5 Å². The molecular weight excluding hydrogens is 358 g/mol. The molecule has 0 radical (unpaired) electrons. The van der Waals surface area contributed by atoms with Crippen LogP contribution in [0.5, 0.6) is 0 Å². The third-order valence-corrected chi connectivity index (χ3v) is 5.36. The third-order valence-electron chi connectivity index (χ3n) is 4.14. The lowest BCUT2D eigenvalue weighted by Gasteiger charge is -2.38. The molecule has 1 N–H and O–H groups in total. The van der Waals surface area contributed by atoms with E-state index in [2.05, 4.69) is 5.32 Å². The van der Waals surface area contributed by atoms with Gasteiger partial charge in [0, 0.05) is 4.88 Å². The number of nitrogens with zero attached hydrogens (tertiary/aromatic N) is 1. The summed E-state index contributed by atoms with van der Waals surface area (Å²) < 4.78 is 77.6. The molecule has 0 spiro atoms. The number of amides is 1. The Labute approximate surface area is 137 Å². The number of thiophene rings is 1. The number of fused-ring (bicyclic) bond motifs is 3. The molecule has 2 heterocycles. The highest BCUT2D eigenvalue weighted by Crippen LogP contribution is 2.43. The summed E-state index contributed by atoms with van der Waals surface area (Å²) in [5, 5.41) is 2.15. The summed E-state index contributed by atoms with van der Waals surface area (Å²) in [6.45, 7) is -1.94. The van der Waals surface area contributed by atoms with Crippen LogP contribution in [0.2, 0.25) is 0 Å². The number of nitrogens with one attached hydrogen (secondary N) is 1. The monoisotopic (exact) mass is 372 g/mol. The van der Waals surface area contributed by atoms with Gasteiger partial charge in [-0.05, 0) is 31.2 Å². The van der Waals surface area contributed by atoms with E-state index in [0.717, 1.165) is 35.5 Å². The van der Waals surface area contributed by atoms with Crippen LogP contribution in [0, 0.1) is 0 Å². The maximum Gasteiger partial charge on any atom is 0.427 e. The van der Waals surface area contributed by atoms with Gasteiger partial charge in [-0.3, -0.25) is 4.79 Å². The second-order valence-electron chi connectivity index (χ2n) is 5.91. The van der Waals surface area contributed by atoms with Crippen LogP contribution < -0.4 is 5.32 Å². The second kappa shape index (κ2) is 5.82. The number of aryl methyl sites for hydroxylation is 1. The van der Waals surface area contributed by atoms with E-state index in [4.69, 9.17) is 0 Å². The number of anilines is 1. The van der Waals surface area contributed by atoms with Crippen LogP contribution in [-0.4, -0.2) is 35.9 Å². The molecule has 1 unspecified atom stereocenters. The largest absolute Gasteiger partial charge is 0.427 e. The highest BCUT2D eigenvalue weighted by molar-refractivity contribution is 7.16. The van der Waals surface area contributed by atoms with Gasteiger partial charge in [-0.1, -0.05) is 6.42 Å². The highest BCUT2D eigenvalue weighted by atomic mass is 32.1. The third kappa shape index (κ3) is 3.20. The van der Waals surface area contributed by atoms with Crippen molar-refractivity contribution in [1.82, 2.24) is 4.90 Å². The standard InChI is InChI=1S/C14H14F6N2OS/c15-13(16,17)6-22-11(23)9-7-4-2-1-3-5-8(7)24-10(9)21-12(22)14(18,19)20/h12,21H,1-6H2. The summed E-state index contributed by atoms with van der Waals surface area (Å²) in [4.78, 5) is 13.1. The van der Waals surface area contributed by atoms with Crippen molar-refractivity contribution in [2.45, 2.75) is 50.6 Å².